The van der Waals surface area contributed by atoms with Crippen LogP contribution in [0.1, 0.15) is 29.8 Å². The van der Waals surface area contributed by atoms with Crippen molar-refractivity contribution in [1.29, 1.82) is 0 Å². The second-order valence-corrected chi connectivity index (χ2v) is 11.9. The Bertz CT molecular complexity index is 1470. The molecule has 3 aromatic carbocycles. The number of anilines is 1. The van der Waals surface area contributed by atoms with Crippen molar-refractivity contribution in [2.75, 3.05) is 44.2 Å². The summed E-state index contributed by atoms with van der Waals surface area (Å²) in [5, 5.41) is 0. The molecule has 1 amide bonds. The van der Waals surface area contributed by atoms with Gasteiger partial charge >= 0.3 is 0 Å². The van der Waals surface area contributed by atoms with Crippen molar-refractivity contribution in [2.45, 2.75) is 33.2 Å². The zero-order valence-corrected chi connectivity index (χ0v) is 24.4. The van der Waals surface area contributed by atoms with E-state index in [0.717, 1.165) is 85.7 Å². The molecule has 6 nitrogen and oxygen atoms in total. The normalized spacial score (nSPS) is 18.6. The summed E-state index contributed by atoms with van der Waals surface area (Å²) >= 11 is 3.56. The summed E-state index contributed by atoms with van der Waals surface area (Å²) in [6.07, 6.45) is 2.01. The molecule has 39 heavy (non-hydrogen) atoms. The number of amides is 1. The van der Waals surface area contributed by atoms with Gasteiger partial charge < -0.3 is 9.80 Å². The van der Waals surface area contributed by atoms with Crippen LogP contribution in [0.4, 0.5) is 5.69 Å². The summed E-state index contributed by atoms with van der Waals surface area (Å²) in [5.74, 6) is 1.40. The Morgan fingerprint density at radius 2 is 1.64 bits per heavy atom. The summed E-state index contributed by atoms with van der Waals surface area (Å²) in [5.41, 5.74) is 7.13. The Morgan fingerprint density at radius 3 is 2.41 bits per heavy atom. The number of aryl methyl sites for hydroxylation is 2. The van der Waals surface area contributed by atoms with Crippen LogP contribution in [0.2, 0.25) is 0 Å². The Morgan fingerprint density at radius 1 is 0.897 bits per heavy atom. The molecule has 0 radical (unpaired) electrons. The lowest BCUT2D eigenvalue weighted by Gasteiger charge is -2.39. The molecule has 0 saturated carbocycles. The number of para-hydroxylation sites is 2. The Labute approximate surface area is 239 Å². The summed E-state index contributed by atoms with van der Waals surface area (Å²) in [6.45, 7) is 10.2. The van der Waals surface area contributed by atoms with E-state index >= 15 is 0 Å². The molecule has 4 aromatic rings. The molecule has 3 heterocycles. The molecule has 0 unspecified atom stereocenters. The highest BCUT2D eigenvalue weighted by Gasteiger charge is 2.32. The first-order valence-electron chi connectivity index (χ1n) is 14.0. The average Bonchev–Trinajstić information content (AvgIpc) is 3.32. The summed E-state index contributed by atoms with van der Waals surface area (Å²) in [7, 11) is 0. The highest BCUT2D eigenvalue weighted by atomic mass is 79.9. The molecular weight excluding hydrogens is 550 g/mol. The van der Waals surface area contributed by atoms with Gasteiger partial charge in [-0.2, -0.15) is 0 Å². The molecule has 2 aliphatic rings. The smallest absolute Gasteiger partial charge is 0.227 e. The summed E-state index contributed by atoms with van der Waals surface area (Å²) in [6, 6.07) is 23.4. The van der Waals surface area contributed by atoms with Crippen LogP contribution in [0.15, 0.2) is 71.2 Å². The molecule has 6 rings (SSSR count). The zero-order chi connectivity index (χ0) is 26.9. The van der Waals surface area contributed by atoms with Crippen molar-refractivity contribution in [2.24, 2.45) is 5.92 Å². The van der Waals surface area contributed by atoms with Crippen molar-refractivity contribution in [3.05, 3.63) is 88.2 Å². The predicted molar refractivity (Wildman–Crippen MR) is 161 cm³/mol. The number of aromatic nitrogens is 2. The molecule has 2 fully saturated rings. The van der Waals surface area contributed by atoms with E-state index in [-0.39, 0.29) is 5.92 Å². The first-order chi connectivity index (χ1) is 19.0. The highest BCUT2D eigenvalue weighted by molar-refractivity contribution is 9.10. The van der Waals surface area contributed by atoms with E-state index in [9.17, 15) is 4.79 Å². The molecule has 0 spiro atoms. The van der Waals surface area contributed by atoms with Crippen molar-refractivity contribution >= 4 is 38.6 Å². The SMILES string of the molecule is Cc1ccc(N2CCN(C(=O)[C@H]3CCCN(Cc4nc5ccccc5n4-c4ccc(Br)cc4)C3)CC2)cc1C. The minimum Gasteiger partial charge on any atom is -0.368 e. The summed E-state index contributed by atoms with van der Waals surface area (Å²) < 4.78 is 3.32. The Hall–Kier alpha value is -3.16. The largest absolute Gasteiger partial charge is 0.368 e. The van der Waals surface area contributed by atoms with E-state index in [4.69, 9.17) is 4.98 Å². The minimum atomic E-state index is 0.0532. The maximum absolute atomic E-state index is 13.6. The molecular formula is C32H36BrN5O. The van der Waals surface area contributed by atoms with Gasteiger partial charge in [-0.1, -0.05) is 34.1 Å². The van der Waals surface area contributed by atoms with Gasteiger partial charge in [0.1, 0.15) is 5.82 Å². The van der Waals surface area contributed by atoms with Gasteiger partial charge in [-0.15, -0.1) is 0 Å². The van der Waals surface area contributed by atoms with Crippen LogP contribution in [0.5, 0.6) is 0 Å². The number of rotatable bonds is 5. The van der Waals surface area contributed by atoms with E-state index in [2.05, 4.69) is 110 Å². The highest BCUT2D eigenvalue weighted by Crippen LogP contribution is 2.27. The van der Waals surface area contributed by atoms with Crippen LogP contribution < -0.4 is 4.90 Å². The van der Waals surface area contributed by atoms with E-state index in [1.807, 2.05) is 6.07 Å². The number of piperidine rings is 1. The number of imidazole rings is 1. The van der Waals surface area contributed by atoms with Crippen molar-refractivity contribution in [3.8, 4) is 5.69 Å². The zero-order valence-electron chi connectivity index (χ0n) is 22.8. The second-order valence-electron chi connectivity index (χ2n) is 11.0. The van der Waals surface area contributed by atoms with Crippen molar-refractivity contribution in [3.63, 3.8) is 0 Å². The fourth-order valence-electron chi connectivity index (χ4n) is 6.03. The molecule has 0 bridgehead atoms. The van der Waals surface area contributed by atoms with Gasteiger partial charge in [0.25, 0.3) is 0 Å². The number of piperazine rings is 1. The van der Waals surface area contributed by atoms with Gasteiger partial charge in [0, 0.05) is 48.6 Å². The number of fused-ring (bicyclic) bond motifs is 1. The number of likely N-dealkylation sites (tertiary alicyclic amines) is 1. The monoisotopic (exact) mass is 585 g/mol. The number of hydrogen-bond donors (Lipinski definition) is 0. The fourth-order valence-corrected chi connectivity index (χ4v) is 6.29. The van der Waals surface area contributed by atoms with Crippen molar-refractivity contribution in [1.82, 2.24) is 19.4 Å². The van der Waals surface area contributed by atoms with Gasteiger partial charge in [-0.05, 0) is 92.9 Å². The first kappa shape index (κ1) is 26.1. The van der Waals surface area contributed by atoms with Crippen LogP contribution in [-0.4, -0.2) is 64.5 Å². The number of halogens is 1. The van der Waals surface area contributed by atoms with E-state index in [1.165, 1.54) is 16.8 Å². The third-order valence-corrected chi connectivity index (χ3v) is 8.91. The maximum atomic E-state index is 13.6. The lowest BCUT2D eigenvalue weighted by atomic mass is 9.96. The number of carbonyl (C=O) groups is 1. The van der Waals surface area contributed by atoms with Crippen molar-refractivity contribution < 1.29 is 4.79 Å². The molecule has 202 valence electrons. The van der Waals surface area contributed by atoms with Crippen LogP contribution >= 0.6 is 15.9 Å². The maximum Gasteiger partial charge on any atom is 0.227 e. The number of benzene rings is 3. The Kier molecular flexibility index (Phi) is 7.45. The summed E-state index contributed by atoms with van der Waals surface area (Å²) in [4.78, 5) is 25.6. The minimum absolute atomic E-state index is 0.0532. The van der Waals surface area contributed by atoms with Gasteiger partial charge in [0.15, 0.2) is 0 Å². The van der Waals surface area contributed by atoms with Gasteiger partial charge in [-0.25, -0.2) is 4.98 Å². The van der Waals surface area contributed by atoms with E-state index in [1.54, 1.807) is 0 Å². The van der Waals surface area contributed by atoms with Crippen LogP contribution in [0, 0.1) is 19.8 Å². The quantitative estimate of drug-likeness (QED) is 0.289. The van der Waals surface area contributed by atoms with E-state index < -0.39 is 0 Å². The topological polar surface area (TPSA) is 44.6 Å². The van der Waals surface area contributed by atoms with Crippen LogP contribution in [0.25, 0.3) is 16.7 Å². The molecule has 0 N–H and O–H groups in total. The van der Waals surface area contributed by atoms with Gasteiger partial charge in [-0.3, -0.25) is 14.3 Å². The lowest BCUT2D eigenvalue weighted by Crippen LogP contribution is -2.52. The standard InChI is InChI=1S/C32H36BrN5O/c1-23-9-12-28(20-24(23)2)36-16-18-37(19-17-36)32(39)25-6-5-15-35(21-25)22-31-34-29-7-3-4-8-30(29)38(31)27-13-10-26(33)11-14-27/h3-4,7-14,20,25H,5-6,15-19,21-22H2,1-2H3/t25-/m0/s1. The third-order valence-electron chi connectivity index (χ3n) is 8.38. The first-order valence-corrected chi connectivity index (χ1v) is 14.8. The average molecular weight is 587 g/mol. The van der Waals surface area contributed by atoms with E-state index in [0.29, 0.717) is 5.91 Å². The Balaban J connectivity index is 1.13. The number of hydrogen-bond acceptors (Lipinski definition) is 4. The molecule has 1 aromatic heterocycles. The molecule has 2 aliphatic heterocycles. The number of carbonyl (C=O) groups excluding carboxylic acids is 1. The predicted octanol–water partition coefficient (Wildman–Crippen LogP) is 5.97. The van der Waals surface area contributed by atoms with Gasteiger partial charge in [0.05, 0.1) is 23.5 Å². The molecule has 1 atom stereocenters. The molecule has 0 aliphatic carbocycles. The fraction of sp³-hybridized carbons (Fsp3) is 0.375. The van der Waals surface area contributed by atoms with Gasteiger partial charge in [0.2, 0.25) is 5.91 Å². The second kappa shape index (κ2) is 11.1. The third kappa shape index (κ3) is 5.48. The number of nitrogens with zero attached hydrogens (tertiary/aromatic N) is 5. The lowest BCUT2D eigenvalue weighted by molar-refractivity contribution is -0.137. The molecule has 2 saturated heterocycles. The molecule has 7 heteroatoms. The van der Waals surface area contributed by atoms with Crippen LogP contribution in [-0.2, 0) is 11.3 Å². The van der Waals surface area contributed by atoms with Crippen LogP contribution in [0.3, 0.4) is 0 Å².